The Hall–Kier alpha value is -1.62. The molecule has 0 radical (unpaired) electrons. The van der Waals surface area contributed by atoms with E-state index in [0.29, 0.717) is 0 Å². The van der Waals surface area contributed by atoms with Gasteiger partial charge in [-0.3, -0.25) is 9.58 Å². The molecule has 0 aromatic carbocycles. The molecule has 0 N–H and O–H groups in total. The molecule has 2 heterocycles. The third kappa shape index (κ3) is 2.70. The fourth-order valence-corrected chi connectivity index (χ4v) is 1.69. The highest BCUT2D eigenvalue weighted by molar-refractivity contribution is 5.06. The van der Waals surface area contributed by atoms with Gasteiger partial charge < -0.3 is 4.52 Å². The lowest BCUT2D eigenvalue weighted by Gasteiger charge is -2.12. The molecule has 86 valence electrons. The van der Waals surface area contributed by atoms with Crippen LogP contribution in [-0.4, -0.2) is 26.9 Å². The minimum Gasteiger partial charge on any atom is -0.361 e. The molecule has 5 heteroatoms. The summed E-state index contributed by atoms with van der Waals surface area (Å²) in [6.07, 6.45) is 3.90. The number of nitrogens with zero attached hydrogens (tertiary/aromatic N) is 4. The normalized spacial score (nSPS) is 11.2. The maximum Gasteiger partial charge on any atom is 0.133 e. The van der Waals surface area contributed by atoms with Crippen LogP contribution in [0.25, 0.3) is 0 Å². The van der Waals surface area contributed by atoms with Crippen molar-refractivity contribution in [3.05, 3.63) is 35.5 Å². The van der Waals surface area contributed by atoms with Gasteiger partial charge in [0.1, 0.15) is 5.76 Å². The summed E-state index contributed by atoms with van der Waals surface area (Å²) in [5, 5.41) is 8.10. The summed E-state index contributed by atoms with van der Waals surface area (Å²) >= 11 is 0. The minimum absolute atomic E-state index is 0.784. The van der Waals surface area contributed by atoms with Gasteiger partial charge in [-0.2, -0.15) is 5.10 Å². The van der Waals surface area contributed by atoms with Gasteiger partial charge in [-0.15, -0.1) is 0 Å². The molecule has 0 aliphatic heterocycles. The van der Waals surface area contributed by atoms with E-state index in [1.54, 1.807) is 0 Å². The molecule has 0 atom stereocenters. The molecule has 0 fully saturated rings. The van der Waals surface area contributed by atoms with E-state index in [-0.39, 0.29) is 0 Å². The van der Waals surface area contributed by atoms with E-state index in [9.17, 15) is 0 Å². The Kier molecular flexibility index (Phi) is 3.05. The minimum atomic E-state index is 0.784. The van der Waals surface area contributed by atoms with Gasteiger partial charge in [0.05, 0.1) is 11.9 Å². The van der Waals surface area contributed by atoms with Gasteiger partial charge in [-0.1, -0.05) is 5.16 Å². The third-order valence-electron chi connectivity index (χ3n) is 2.32. The zero-order valence-electron chi connectivity index (χ0n) is 9.84. The summed E-state index contributed by atoms with van der Waals surface area (Å²) < 4.78 is 6.84. The second kappa shape index (κ2) is 4.49. The predicted molar refractivity (Wildman–Crippen MR) is 59.6 cm³/mol. The van der Waals surface area contributed by atoms with Crippen molar-refractivity contribution in [2.24, 2.45) is 7.05 Å². The standard InChI is InChI=1S/C11H16N4O/c1-9-4-11(13-16-9)8-14(2)6-10-5-12-15(3)7-10/h4-5,7H,6,8H2,1-3H3. The highest BCUT2D eigenvalue weighted by atomic mass is 16.5. The lowest BCUT2D eigenvalue weighted by Crippen LogP contribution is -2.17. The van der Waals surface area contributed by atoms with E-state index in [4.69, 9.17) is 4.52 Å². The maximum absolute atomic E-state index is 5.03. The van der Waals surface area contributed by atoms with Crippen molar-refractivity contribution in [1.29, 1.82) is 0 Å². The molecule has 0 saturated heterocycles. The van der Waals surface area contributed by atoms with Crippen molar-refractivity contribution in [2.75, 3.05) is 7.05 Å². The van der Waals surface area contributed by atoms with Gasteiger partial charge in [0, 0.05) is 38.0 Å². The number of hydrogen-bond acceptors (Lipinski definition) is 4. The maximum atomic E-state index is 5.03. The molecular weight excluding hydrogens is 204 g/mol. The molecule has 5 nitrogen and oxygen atoms in total. The summed E-state index contributed by atoms with van der Waals surface area (Å²) in [6, 6.07) is 1.96. The monoisotopic (exact) mass is 220 g/mol. The van der Waals surface area contributed by atoms with Crippen LogP contribution < -0.4 is 0 Å². The van der Waals surface area contributed by atoms with Crippen molar-refractivity contribution in [1.82, 2.24) is 19.8 Å². The first kappa shape index (κ1) is 10.9. The van der Waals surface area contributed by atoms with E-state index in [1.807, 2.05) is 37.1 Å². The molecule has 0 aliphatic carbocycles. The van der Waals surface area contributed by atoms with Crippen LogP contribution in [0.1, 0.15) is 17.0 Å². The number of rotatable bonds is 4. The number of aryl methyl sites for hydroxylation is 2. The van der Waals surface area contributed by atoms with Crippen molar-refractivity contribution >= 4 is 0 Å². The number of hydrogen-bond donors (Lipinski definition) is 0. The Morgan fingerprint density at radius 2 is 2.25 bits per heavy atom. The van der Waals surface area contributed by atoms with Crippen LogP contribution in [0, 0.1) is 6.92 Å². The summed E-state index contributed by atoms with van der Waals surface area (Å²) in [4.78, 5) is 2.17. The van der Waals surface area contributed by atoms with Crippen LogP contribution in [0.4, 0.5) is 0 Å². The molecule has 2 aromatic rings. The SMILES string of the molecule is Cc1cc(CN(C)Cc2cnn(C)c2)no1. The Morgan fingerprint density at radius 3 is 2.81 bits per heavy atom. The number of aromatic nitrogens is 3. The highest BCUT2D eigenvalue weighted by Gasteiger charge is 2.06. The zero-order chi connectivity index (χ0) is 11.5. The summed E-state index contributed by atoms with van der Waals surface area (Å²) in [6.45, 7) is 3.55. The van der Waals surface area contributed by atoms with Crippen LogP contribution in [0.15, 0.2) is 23.0 Å². The van der Waals surface area contributed by atoms with Crippen LogP contribution in [0.5, 0.6) is 0 Å². The Morgan fingerprint density at radius 1 is 1.44 bits per heavy atom. The van der Waals surface area contributed by atoms with Gasteiger partial charge in [-0.25, -0.2) is 0 Å². The first-order valence-corrected chi connectivity index (χ1v) is 5.22. The smallest absolute Gasteiger partial charge is 0.133 e. The Labute approximate surface area is 94.6 Å². The summed E-state index contributed by atoms with van der Waals surface area (Å²) in [5.41, 5.74) is 2.16. The largest absolute Gasteiger partial charge is 0.361 e. The van der Waals surface area contributed by atoms with E-state index >= 15 is 0 Å². The summed E-state index contributed by atoms with van der Waals surface area (Å²) in [5.74, 6) is 0.852. The quantitative estimate of drug-likeness (QED) is 0.780. The Bertz CT molecular complexity index is 418. The average molecular weight is 220 g/mol. The second-order valence-corrected chi connectivity index (χ2v) is 4.12. The van der Waals surface area contributed by atoms with E-state index in [1.165, 1.54) is 5.56 Å². The van der Waals surface area contributed by atoms with Gasteiger partial charge in [0.2, 0.25) is 0 Å². The van der Waals surface area contributed by atoms with Gasteiger partial charge in [-0.05, 0) is 14.0 Å². The van der Waals surface area contributed by atoms with Crippen molar-refractivity contribution in [3.8, 4) is 0 Å². The molecule has 0 aliphatic rings. The molecule has 2 rings (SSSR count). The molecule has 0 spiro atoms. The first-order valence-electron chi connectivity index (χ1n) is 5.22. The molecule has 16 heavy (non-hydrogen) atoms. The topological polar surface area (TPSA) is 47.1 Å². The van der Waals surface area contributed by atoms with Crippen LogP contribution >= 0.6 is 0 Å². The van der Waals surface area contributed by atoms with Crippen molar-refractivity contribution in [3.63, 3.8) is 0 Å². The Balaban J connectivity index is 1.91. The fraction of sp³-hybridized carbons (Fsp3) is 0.455. The van der Waals surface area contributed by atoms with Gasteiger partial charge >= 0.3 is 0 Å². The molecule has 0 saturated carbocycles. The van der Waals surface area contributed by atoms with Crippen LogP contribution in [-0.2, 0) is 20.1 Å². The predicted octanol–water partition coefficient (Wildman–Crippen LogP) is 1.35. The molecule has 0 bridgehead atoms. The van der Waals surface area contributed by atoms with Gasteiger partial charge in [0.25, 0.3) is 0 Å². The van der Waals surface area contributed by atoms with E-state index in [0.717, 1.165) is 24.5 Å². The molecule has 0 unspecified atom stereocenters. The molecule has 0 amide bonds. The van der Waals surface area contributed by atoms with Crippen molar-refractivity contribution < 1.29 is 4.52 Å². The molecule has 2 aromatic heterocycles. The van der Waals surface area contributed by atoms with Gasteiger partial charge in [0.15, 0.2) is 0 Å². The van der Waals surface area contributed by atoms with Crippen LogP contribution in [0.3, 0.4) is 0 Å². The zero-order valence-corrected chi connectivity index (χ0v) is 9.84. The van der Waals surface area contributed by atoms with E-state index in [2.05, 4.69) is 22.2 Å². The highest BCUT2D eigenvalue weighted by Crippen LogP contribution is 2.07. The lowest BCUT2D eigenvalue weighted by atomic mass is 10.3. The lowest BCUT2D eigenvalue weighted by molar-refractivity contribution is 0.302. The summed E-state index contributed by atoms with van der Waals surface area (Å²) in [7, 11) is 3.97. The average Bonchev–Trinajstić information content (AvgIpc) is 2.76. The van der Waals surface area contributed by atoms with E-state index < -0.39 is 0 Å². The second-order valence-electron chi connectivity index (χ2n) is 4.12. The fourth-order valence-electron chi connectivity index (χ4n) is 1.69. The third-order valence-corrected chi connectivity index (χ3v) is 2.32. The van der Waals surface area contributed by atoms with Crippen molar-refractivity contribution in [2.45, 2.75) is 20.0 Å². The molecular formula is C11H16N4O. The van der Waals surface area contributed by atoms with Crippen LogP contribution in [0.2, 0.25) is 0 Å². The first-order chi connectivity index (χ1) is 7.63.